The first kappa shape index (κ1) is 16.8. The van der Waals surface area contributed by atoms with Crippen LogP contribution in [0.1, 0.15) is 24.1 Å². The van der Waals surface area contributed by atoms with Crippen molar-refractivity contribution in [3.63, 3.8) is 0 Å². The van der Waals surface area contributed by atoms with Crippen molar-refractivity contribution in [2.75, 3.05) is 12.1 Å². The maximum atomic E-state index is 13.0. The van der Waals surface area contributed by atoms with E-state index in [2.05, 4.69) is 22.4 Å². The standard InChI is InChI=1S/C23H20N2O3/c1-15-18(16-5-3-2-4-6-16)8-10-21(24-15)25-22(26)23(11-12-23)17-7-9-19-20(13-17)28-14-27-19/h2-10,13H,11-12,14H2,1H3,(H,24,25,26). The number of ether oxygens (including phenoxy) is 2. The molecule has 0 spiro atoms. The highest BCUT2D eigenvalue weighted by Crippen LogP contribution is 2.51. The van der Waals surface area contributed by atoms with Crippen molar-refractivity contribution in [3.8, 4) is 22.6 Å². The number of fused-ring (bicyclic) bond motifs is 1. The van der Waals surface area contributed by atoms with Crippen LogP contribution in [0, 0.1) is 6.92 Å². The number of aryl methyl sites for hydroxylation is 1. The molecule has 2 heterocycles. The van der Waals surface area contributed by atoms with E-state index < -0.39 is 5.41 Å². The smallest absolute Gasteiger partial charge is 0.236 e. The number of carbonyl (C=O) groups excluding carboxylic acids is 1. The van der Waals surface area contributed by atoms with E-state index in [0.29, 0.717) is 11.6 Å². The van der Waals surface area contributed by atoms with Gasteiger partial charge in [-0.2, -0.15) is 0 Å². The Kier molecular flexibility index (Phi) is 3.83. The van der Waals surface area contributed by atoms with Crippen molar-refractivity contribution in [3.05, 3.63) is 71.9 Å². The summed E-state index contributed by atoms with van der Waals surface area (Å²) in [5.41, 5.74) is 3.53. The molecule has 1 aromatic heterocycles. The van der Waals surface area contributed by atoms with Crippen LogP contribution in [0.4, 0.5) is 5.82 Å². The van der Waals surface area contributed by atoms with Crippen LogP contribution < -0.4 is 14.8 Å². The zero-order chi connectivity index (χ0) is 19.1. The van der Waals surface area contributed by atoms with Gasteiger partial charge in [0, 0.05) is 11.3 Å². The normalized spacial score (nSPS) is 15.9. The third-order valence-electron chi connectivity index (χ3n) is 5.52. The Bertz CT molecular complexity index is 1060. The minimum absolute atomic E-state index is 0.0225. The van der Waals surface area contributed by atoms with E-state index in [1.54, 1.807) is 0 Å². The average molecular weight is 372 g/mol. The second-order valence-corrected chi connectivity index (χ2v) is 7.30. The van der Waals surface area contributed by atoms with Crippen molar-refractivity contribution in [1.82, 2.24) is 4.98 Å². The molecule has 1 aliphatic heterocycles. The molecule has 0 radical (unpaired) electrons. The van der Waals surface area contributed by atoms with Gasteiger partial charge in [-0.25, -0.2) is 4.98 Å². The number of hydrogen-bond acceptors (Lipinski definition) is 4. The summed E-state index contributed by atoms with van der Waals surface area (Å²) in [6, 6.07) is 19.7. The first-order valence-electron chi connectivity index (χ1n) is 9.40. The fourth-order valence-electron chi connectivity index (χ4n) is 3.76. The lowest BCUT2D eigenvalue weighted by atomic mass is 9.94. The number of amides is 1. The van der Waals surface area contributed by atoms with E-state index in [0.717, 1.165) is 41.0 Å². The van der Waals surface area contributed by atoms with E-state index in [4.69, 9.17) is 9.47 Å². The van der Waals surface area contributed by atoms with Crippen molar-refractivity contribution >= 4 is 11.7 Å². The van der Waals surface area contributed by atoms with Gasteiger partial charge in [0.2, 0.25) is 12.7 Å². The predicted molar refractivity (Wildman–Crippen MR) is 107 cm³/mol. The molecule has 2 aromatic carbocycles. The summed E-state index contributed by atoms with van der Waals surface area (Å²) >= 11 is 0. The van der Waals surface area contributed by atoms with E-state index in [1.807, 2.05) is 55.5 Å². The third-order valence-corrected chi connectivity index (χ3v) is 5.52. The molecule has 1 aliphatic carbocycles. The summed E-state index contributed by atoms with van der Waals surface area (Å²) in [6.07, 6.45) is 1.64. The molecule has 1 fully saturated rings. The molecule has 28 heavy (non-hydrogen) atoms. The monoisotopic (exact) mass is 372 g/mol. The summed E-state index contributed by atoms with van der Waals surface area (Å²) < 4.78 is 10.8. The Hall–Kier alpha value is -3.34. The number of hydrogen-bond donors (Lipinski definition) is 1. The average Bonchev–Trinajstić information content (AvgIpc) is 3.40. The highest BCUT2D eigenvalue weighted by Gasteiger charge is 2.51. The minimum atomic E-state index is -0.505. The fraction of sp³-hybridized carbons (Fsp3) is 0.217. The molecular weight excluding hydrogens is 352 g/mol. The molecule has 5 rings (SSSR count). The third kappa shape index (κ3) is 2.80. The van der Waals surface area contributed by atoms with Crippen molar-refractivity contribution in [2.24, 2.45) is 0 Å². The molecule has 140 valence electrons. The first-order valence-corrected chi connectivity index (χ1v) is 9.40. The lowest BCUT2D eigenvalue weighted by Gasteiger charge is -2.16. The molecule has 0 unspecified atom stereocenters. The van der Waals surface area contributed by atoms with Gasteiger partial charge in [-0.3, -0.25) is 4.79 Å². The predicted octanol–water partition coefficient (Wildman–Crippen LogP) is 4.46. The molecular formula is C23H20N2O3. The number of nitrogens with zero attached hydrogens (tertiary/aromatic N) is 1. The maximum Gasteiger partial charge on any atom is 0.236 e. The molecule has 0 bridgehead atoms. The van der Waals surface area contributed by atoms with Crippen molar-refractivity contribution < 1.29 is 14.3 Å². The Morgan fingerprint density at radius 1 is 1.00 bits per heavy atom. The maximum absolute atomic E-state index is 13.0. The summed E-state index contributed by atoms with van der Waals surface area (Å²) in [4.78, 5) is 17.6. The van der Waals surface area contributed by atoms with Crippen molar-refractivity contribution in [2.45, 2.75) is 25.2 Å². The van der Waals surface area contributed by atoms with Crippen LogP contribution in [0.5, 0.6) is 11.5 Å². The Morgan fingerprint density at radius 2 is 1.79 bits per heavy atom. The second kappa shape index (κ2) is 6.37. The molecule has 5 nitrogen and oxygen atoms in total. The fourth-order valence-corrected chi connectivity index (χ4v) is 3.76. The van der Waals surface area contributed by atoms with Gasteiger partial charge in [-0.05, 0) is 55.2 Å². The van der Waals surface area contributed by atoms with Crippen LogP contribution in [-0.4, -0.2) is 17.7 Å². The highest BCUT2D eigenvalue weighted by atomic mass is 16.7. The van der Waals surface area contributed by atoms with Crippen LogP contribution in [0.3, 0.4) is 0 Å². The number of aromatic nitrogens is 1. The van der Waals surface area contributed by atoms with Gasteiger partial charge in [0.1, 0.15) is 5.82 Å². The van der Waals surface area contributed by atoms with E-state index in [9.17, 15) is 4.79 Å². The van der Waals surface area contributed by atoms with Gasteiger partial charge >= 0.3 is 0 Å². The van der Waals surface area contributed by atoms with Gasteiger partial charge in [0.15, 0.2) is 11.5 Å². The number of pyridine rings is 1. The number of benzene rings is 2. The topological polar surface area (TPSA) is 60.5 Å². The van der Waals surface area contributed by atoms with Crippen LogP contribution in [0.2, 0.25) is 0 Å². The number of anilines is 1. The Balaban J connectivity index is 1.38. The SMILES string of the molecule is Cc1nc(NC(=O)C2(c3ccc4c(c3)OCO4)CC2)ccc1-c1ccccc1. The van der Waals surface area contributed by atoms with Crippen LogP contribution in [0.25, 0.3) is 11.1 Å². The van der Waals surface area contributed by atoms with E-state index in [1.165, 1.54) is 0 Å². The zero-order valence-corrected chi connectivity index (χ0v) is 15.6. The van der Waals surface area contributed by atoms with Gasteiger partial charge in [0.25, 0.3) is 0 Å². The lowest BCUT2D eigenvalue weighted by Crippen LogP contribution is -2.28. The number of rotatable bonds is 4. The van der Waals surface area contributed by atoms with E-state index in [-0.39, 0.29) is 12.7 Å². The molecule has 1 N–H and O–H groups in total. The van der Waals surface area contributed by atoms with Crippen LogP contribution in [0.15, 0.2) is 60.7 Å². The molecule has 0 saturated heterocycles. The minimum Gasteiger partial charge on any atom is -0.454 e. The van der Waals surface area contributed by atoms with Gasteiger partial charge in [0.05, 0.1) is 5.41 Å². The second-order valence-electron chi connectivity index (χ2n) is 7.30. The summed E-state index contributed by atoms with van der Waals surface area (Å²) in [5, 5.41) is 3.01. The Labute approximate surface area is 163 Å². The molecule has 0 atom stereocenters. The first-order chi connectivity index (χ1) is 13.7. The summed E-state index contributed by atoms with van der Waals surface area (Å²) in [7, 11) is 0. The van der Waals surface area contributed by atoms with Crippen LogP contribution in [-0.2, 0) is 10.2 Å². The lowest BCUT2D eigenvalue weighted by molar-refractivity contribution is -0.118. The molecule has 3 aromatic rings. The van der Waals surface area contributed by atoms with Crippen LogP contribution >= 0.6 is 0 Å². The molecule has 2 aliphatic rings. The number of carbonyl (C=O) groups is 1. The quantitative estimate of drug-likeness (QED) is 0.735. The summed E-state index contributed by atoms with van der Waals surface area (Å²) in [5.74, 6) is 1.99. The zero-order valence-electron chi connectivity index (χ0n) is 15.6. The molecule has 1 amide bonds. The van der Waals surface area contributed by atoms with Gasteiger partial charge in [-0.1, -0.05) is 36.4 Å². The largest absolute Gasteiger partial charge is 0.454 e. The van der Waals surface area contributed by atoms with Crippen molar-refractivity contribution in [1.29, 1.82) is 0 Å². The summed E-state index contributed by atoms with van der Waals surface area (Å²) in [6.45, 7) is 2.19. The van der Waals surface area contributed by atoms with Gasteiger partial charge < -0.3 is 14.8 Å². The Morgan fingerprint density at radius 3 is 2.54 bits per heavy atom. The van der Waals surface area contributed by atoms with E-state index >= 15 is 0 Å². The van der Waals surface area contributed by atoms with Gasteiger partial charge in [-0.15, -0.1) is 0 Å². The molecule has 1 saturated carbocycles. The molecule has 5 heteroatoms. The highest BCUT2D eigenvalue weighted by molar-refractivity contribution is 6.01. The number of nitrogens with one attached hydrogen (secondary N) is 1.